The minimum absolute atomic E-state index is 0.0931. The van der Waals surface area contributed by atoms with E-state index >= 15 is 0 Å². The van der Waals surface area contributed by atoms with Crippen LogP contribution in [-0.4, -0.2) is 49.1 Å². The third-order valence-corrected chi connectivity index (χ3v) is 3.90. The Hall–Kier alpha value is -2.77. The molecule has 0 saturated carbocycles. The summed E-state index contributed by atoms with van der Waals surface area (Å²) in [6.45, 7) is 4.38. The highest BCUT2D eigenvalue weighted by Crippen LogP contribution is 2.36. The Bertz CT molecular complexity index is 688. The van der Waals surface area contributed by atoms with Crippen LogP contribution >= 0.6 is 0 Å². The molecule has 146 valence electrons. The largest absolute Gasteiger partial charge is 0.508 e. The number of nitrogens with one attached hydrogen (secondary N) is 1. The van der Waals surface area contributed by atoms with E-state index in [1.54, 1.807) is 18.2 Å². The fraction of sp³-hybridized carbons (Fsp3) is 0.350. The van der Waals surface area contributed by atoms with E-state index < -0.39 is 0 Å². The van der Waals surface area contributed by atoms with E-state index in [0.717, 1.165) is 18.7 Å². The summed E-state index contributed by atoms with van der Waals surface area (Å²) in [5, 5.41) is 19.9. The van der Waals surface area contributed by atoms with Crippen molar-refractivity contribution in [1.29, 1.82) is 0 Å². The molecule has 0 spiro atoms. The van der Waals surface area contributed by atoms with Gasteiger partial charge in [-0.15, -0.1) is 0 Å². The number of carboxylic acid groups (broad SMARTS) is 1. The molecule has 0 unspecified atom stereocenters. The second-order valence-electron chi connectivity index (χ2n) is 5.73. The second-order valence-corrected chi connectivity index (χ2v) is 5.73. The van der Waals surface area contributed by atoms with Crippen molar-refractivity contribution in [3.8, 4) is 17.2 Å². The van der Waals surface area contributed by atoms with Crippen LogP contribution in [0.5, 0.6) is 17.2 Å². The van der Waals surface area contributed by atoms with E-state index in [1.807, 2.05) is 37.3 Å². The van der Waals surface area contributed by atoms with E-state index in [-0.39, 0.29) is 24.4 Å². The first-order chi connectivity index (χ1) is 13.2. The molecule has 2 aromatic carbocycles. The number of ether oxygens (including phenoxy) is 3. The number of hydrogen-bond acceptors (Lipinski definition) is 6. The first-order valence-electron chi connectivity index (χ1n) is 8.77. The van der Waals surface area contributed by atoms with Crippen LogP contribution in [0, 0.1) is 0 Å². The Kier molecular flexibility index (Phi) is 8.41. The molecule has 0 amide bonds. The lowest BCUT2D eigenvalue weighted by atomic mass is 10.0. The Morgan fingerprint density at radius 1 is 1.26 bits per heavy atom. The van der Waals surface area contributed by atoms with Gasteiger partial charge in [0, 0.05) is 19.2 Å². The van der Waals surface area contributed by atoms with E-state index in [9.17, 15) is 5.11 Å². The van der Waals surface area contributed by atoms with Gasteiger partial charge in [0.1, 0.15) is 11.9 Å². The molecule has 1 fully saturated rings. The summed E-state index contributed by atoms with van der Waals surface area (Å²) in [4.78, 5) is 8.36. The van der Waals surface area contributed by atoms with Gasteiger partial charge in [0.05, 0.1) is 13.2 Å². The quantitative estimate of drug-likeness (QED) is 0.668. The average molecular weight is 375 g/mol. The number of benzene rings is 2. The van der Waals surface area contributed by atoms with Crippen molar-refractivity contribution in [3.05, 3.63) is 54.1 Å². The highest BCUT2D eigenvalue weighted by Gasteiger charge is 2.28. The van der Waals surface area contributed by atoms with Gasteiger partial charge in [0.25, 0.3) is 6.47 Å². The molecule has 3 N–H and O–H groups in total. The van der Waals surface area contributed by atoms with Crippen LogP contribution in [0.4, 0.5) is 0 Å². The van der Waals surface area contributed by atoms with Crippen molar-refractivity contribution in [3.63, 3.8) is 0 Å². The standard InChI is InChI=1S/C19H23NO4.CH2O2/c1-2-22-17-12-15(21)8-9-16(17)24-19(14-6-4-3-5-7-14)18-13-20-10-11-23-18;2-1-3/h3-9,12,18-21H,2,10-11,13H2,1H3;1H,(H,2,3)/t18-,19-;/m0./s1. The van der Waals surface area contributed by atoms with E-state index in [0.29, 0.717) is 24.7 Å². The van der Waals surface area contributed by atoms with Crippen LogP contribution in [0.3, 0.4) is 0 Å². The maximum absolute atomic E-state index is 9.69. The Balaban J connectivity index is 0.000000817. The molecular weight excluding hydrogens is 350 g/mol. The Labute approximate surface area is 158 Å². The van der Waals surface area contributed by atoms with Gasteiger partial charge < -0.3 is 29.7 Å². The number of phenolic OH excluding ortho intramolecular Hbond substituents is 1. The predicted octanol–water partition coefficient (Wildman–Crippen LogP) is 2.60. The number of phenols is 1. The lowest BCUT2D eigenvalue weighted by Gasteiger charge is -2.32. The van der Waals surface area contributed by atoms with Crippen molar-refractivity contribution >= 4 is 6.47 Å². The van der Waals surface area contributed by atoms with E-state index in [4.69, 9.17) is 24.1 Å². The minimum atomic E-state index is -0.261. The third kappa shape index (κ3) is 6.16. The van der Waals surface area contributed by atoms with Crippen LogP contribution < -0.4 is 14.8 Å². The van der Waals surface area contributed by atoms with Crippen LogP contribution in [0.25, 0.3) is 0 Å². The third-order valence-electron chi connectivity index (χ3n) is 3.90. The Morgan fingerprint density at radius 2 is 2.00 bits per heavy atom. The highest BCUT2D eigenvalue weighted by molar-refractivity contribution is 5.45. The molecule has 0 aliphatic carbocycles. The van der Waals surface area contributed by atoms with E-state index in [2.05, 4.69) is 5.32 Å². The van der Waals surface area contributed by atoms with Gasteiger partial charge >= 0.3 is 0 Å². The van der Waals surface area contributed by atoms with Crippen molar-refractivity contribution in [1.82, 2.24) is 5.32 Å². The van der Waals surface area contributed by atoms with Crippen molar-refractivity contribution in [2.24, 2.45) is 0 Å². The number of hydrogen-bond donors (Lipinski definition) is 3. The number of morpholine rings is 1. The first-order valence-corrected chi connectivity index (χ1v) is 8.77. The molecule has 27 heavy (non-hydrogen) atoms. The topological polar surface area (TPSA) is 97.3 Å². The lowest BCUT2D eigenvalue weighted by molar-refractivity contribution is -0.122. The normalized spacial score (nSPS) is 17.1. The molecule has 2 atom stereocenters. The summed E-state index contributed by atoms with van der Waals surface area (Å²) >= 11 is 0. The SMILES string of the molecule is CCOc1cc(O)ccc1O[C@@H](c1ccccc1)[C@@H]1CNCCO1.O=CO. The number of aromatic hydroxyl groups is 1. The van der Waals surface area contributed by atoms with Crippen LogP contribution in [0.1, 0.15) is 18.6 Å². The summed E-state index contributed by atoms with van der Waals surface area (Å²) in [7, 11) is 0. The fourth-order valence-corrected chi connectivity index (χ4v) is 2.78. The molecule has 7 heteroatoms. The minimum Gasteiger partial charge on any atom is -0.508 e. The zero-order valence-corrected chi connectivity index (χ0v) is 15.2. The van der Waals surface area contributed by atoms with Gasteiger partial charge in [-0.2, -0.15) is 0 Å². The molecule has 7 nitrogen and oxygen atoms in total. The van der Waals surface area contributed by atoms with Gasteiger partial charge in [-0.1, -0.05) is 30.3 Å². The van der Waals surface area contributed by atoms with Crippen molar-refractivity contribution in [2.75, 3.05) is 26.3 Å². The zero-order valence-electron chi connectivity index (χ0n) is 15.2. The summed E-state index contributed by atoms with van der Waals surface area (Å²) < 4.78 is 17.8. The average Bonchev–Trinajstić information content (AvgIpc) is 2.70. The molecule has 0 bridgehead atoms. The fourth-order valence-electron chi connectivity index (χ4n) is 2.78. The zero-order chi connectivity index (χ0) is 19.5. The molecule has 1 aliphatic heterocycles. The van der Waals surface area contributed by atoms with Gasteiger partial charge in [0.2, 0.25) is 0 Å². The van der Waals surface area contributed by atoms with Crippen LogP contribution in [0.15, 0.2) is 48.5 Å². The maximum atomic E-state index is 9.69. The first kappa shape index (κ1) is 20.5. The molecule has 3 rings (SSSR count). The molecule has 1 aliphatic rings. The molecular formula is C20H25NO6. The molecule has 0 aromatic heterocycles. The van der Waals surface area contributed by atoms with Gasteiger partial charge in [-0.05, 0) is 24.6 Å². The van der Waals surface area contributed by atoms with Gasteiger partial charge in [0.15, 0.2) is 17.6 Å². The van der Waals surface area contributed by atoms with Crippen molar-refractivity contribution < 1.29 is 29.2 Å². The summed E-state index contributed by atoms with van der Waals surface area (Å²) in [5.41, 5.74) is 1.04. The monoisotopic (exact) mass is 375 g/mol. The van der Waals surface area contributed by atoms with Gasteiger partial charge in [-0.25, -0.2) is 0 Å². The second kappa shape index (κ2) is 11.1. The molecule has 0 radical (unpaired) electrons. The van der Waals surface area contributed by atoms with Crippen LogP contribution in [0.2, 0.25) is 0 Å². The van der Waals surface area contributed by atoms with Crippen LogP contribution in [-0.2, 0) is 9.53 Å². The summed E-state index contributed by atoms with van der Waals surface area (Å²) in [6.07, 6.45) is -0.354. The summed E-state index contributed by atoms with van der Waals surface area (Å²) in [5.74, 6) is 1.28. The lowest BCUT2D eigenvalue weighted by Crippen LogP contribution is -2.43. The smallest absolute Gasteiger partial charge is 0.290 e. The molecule has 1 heterocycles. The number of carbonyl (C=O) groups is 1. The van der Waals surface area contributed by atoms with Crippen molar-refractivity contribution in [2.45, 2.75) is 19.1 Å². The molecule has 1 saturated heterocycles. The maximum Gasteiger partial charge on any atom is 0.290 e. The Morgan fingerprint density at radius 3 is 2.63 bits per heavy atom. The predicted molar refractivity (Wildman–Crippen MR) is 100 cm³/mol. The molecule has 2 aromatic rings. The van der Waals surface area contributed by atoms with Gasteiger partial charge in [-0.3, -0.25) is 4.79 Å². The highest BCUT2D eigenvalue weighted by atomic mass is 16.6. The summed E-state index contributed by atoms with van der Waals surface area (Å²) in [6, 6.07) is 14.9. The number of rotatable bonds is 6. The van der Waals surface area contributed by atoms with E-state index in [1.165, 1.54) is 0 Å².